The van der Waals surface area contributed by atoms with E-state index in [1.165, 1.54) is 0 Å². The van der Waals surface area contributed by atoms with Gasteiger partial charge >= 0.3 is 0 Å². The first kappa shape index (κ1) is 15.5. The first-order valence-electron chi connectivity index (χ1n) is 7.61. The number of piperazine rings is 1. The molecule has 1 aromatic carbocycles. The minimum Gasteiger partial charge on any atom is -0.343 e. The van der Waals surface area contributed by atoms with Crippen LogP contribution in [0.1, 0.15) is 38.3 Å². The lowest BCUT2D eigenvalue weighted by molar-refractivity contribution is -0.151. The molecule has 1 aliphatic rings. The zero-order valence-electron chi connectivity index (χ0n) is 13.2. The summed E-state index contributed by atoms with van der Waals surface area (Å²) in [5.41, 5.74) is 2.24. The summed E-state index contributed by atoms with van der Waals surface area (Å²) in [6, 6.07) is 7.19. The Kier molecular flexibility index (Phi) is 4.66. The van der Waals surface area contributed by atoms with Crippen LogP contribution >= 0.6 is 0 Å². The average molecular weight is 288 g/mol. The lowest BCUT2D eigenvalue weighted by atomic mass is 9.93. The fraction of sp³-hybridized carbons (Fsp3) is 0.529. The highest BCUT2D eigenvalue weighted by atomic mass is 16.2. The minimum absolute atomic E-state index is 0.00292. The number of amides is 2. The number of nitrogens with one attached hydrogen (secondary N) is 1. The van der Waals surface area contributed by atoms with Gasteiger partial charge in [-0.25, -0.2) is 0 Å². The van der Waals surface area contributed by atoms with E-state index in [-0.39, 0.29) is 23.8 Å². The van der Waals surface area contributed by atoms with Gasteiger partial charge in [0.25, 0.3) is 0 Å². The second-order valence-electron chi connectivity index (χ2n) is 5.95. The molecule has 1 N–H and O–H groups in total. The van der Waals surface area contributed by atoms with E-state index >= 15 is 0 Å². The summed E-state index contributed by atoms with van der Waals surface area (Å²) in [5, 5.41) is 2.79. The summed E-state index contributed by atoms with van der Waals surface area (Å²) in [7, 11) is 0. The maximum absolute atomic E-state index is 12.5. The van der Waals surface area contributed by atoms with Crippen molar-refractivity contribution in [2.45, 2.75) is 52.7 Å². The molecule has 3 unspecified atom stereocenters. The third-order valence-corrected chi connectivity index (χ3v) is 4.40. The van der Waals surface area contributed by atoms with E-state index < -0.39 is 6.04 Å². The van der Waals surface area contributed by atoms with Gasteiger partial charge in [-0.05, 0) is 30.9 Å². The molecule has 0 radical (unpaired) electrons. The first-order chi connectivity index (χ1) is 9.95. The molecule has 4 heteroatoms. The van der Waals surface area contributed by atoms with Crippen molar-refractivity contribution >= 4 is 11.8 Å². The normalized spacial score (nSPS) is 23.9. The molecule has 1 fully saturated rings. The maximum Gasteiger partial charge on any atom is 0.245 e. The lowest BCUT2D eigenvalue weighted by Crippen LogP contribution is -2.63. The summed E-state index contributed by atoms with van der Waals surface area (Å²) >= 11 is 0. The van der Waals surface area contributed by atoms with Crippen molar-refractivity contribution in [1.29, 1.82) is 0 Å². The van der Waals surface area contributed by atoms with Crippen molar-refractivity contribution in [3.63, 3.8) is 0 Å². The number of nitrogens with zero attached hydrogens (tertiary/aromatic N) is 1. The monoisotopic (exact) mass is 288 g/mol. The summed E-state index contributed by atoms with van der Waals surface area (Å²) in [4.78, 5) is 26.6. The van der Waals surface area contributed by atoms with Crippen molar-refractivity contribution in [1.82, 2.24) is 10.2 Å². The Morgan fingerprint density at radius 3 is 2.57 bits per heavy atom. The highest BCUT2D eigenvalue weighted by molar-refractivity contribution is 5.96. The van der Waals surface area contributed by atoms with Crippen LogP contribution in [0.25, 0.3) is 0 Å². The van der Waals surface area contributed by atoms with Crippen LogP contribution in [0, 0.1) is 12.8 Å². The van der Waals surface area contributed by atoms with E-state index in [0.29, 0.717) is 6.54 Å². The number of aryl methyl sites for hydroxylation is 1. The van der Waals surface area contributed by atoms with Gasteiger partial charge in [-0.2, -0.15) is 0 Å². The molecule has 0 saturated carbocycles. The number of rotatable bonds is 4. The molecule has 1 heterocycles. The van der Waals surface area contributed by atoms with Crippen molar-refractivity contribution in [3.8, 4) is 0 Å². The highest BCUT2D eigenvalue weighted by Crippen LogP contribution is 2.23. The number of carbonyl (C=O) groups excluding carboxylic acids is 2. The predicted octanol–water partition coefficient (Wildman–Crippen LogP) is 2.26. The average Bonchev–Trinajstić information content (AvgIpc) is 2.46. The minimum atomic E-state index is -0.443. The summed E-state index contributed by atoms with van der Waals surface area (Å²) in [6.07, 6.45) is 0.865. The second-order valence-corrected chi connectivity index (χ2v) is 5.95. The molecule has 1 aliphatic heterocycles. The van der Waals surface area contributed by atoms with E-state index in [0.717, 1.165) is 17.5 Å². The molecule has 0 spiro atoms. The van der Waals surface area contributed by atoms with Gasteiger partial charge in [0.1, 0.15) is 12.1 Å². The Morgan fingerprint density at radius 1 is 1.29 bits per heavy atom. The van der Waals surface area contributed by atoms with E-state index in [1.54, 1.807) is 11.8 Å². The van der Waals surface area contributed by atoms with Gasteiger partial charge in [-0.15, -0.1) is 0 Å². The Hall–Kier alpha value is -1.84. The quantitative estimate of drug-likeness (QED) is 0.924. The molecule has 1 aromatic rings. The third kappa shape index (κ3) is 3.09. The molecular formula is C17H24N2O2. The van der Waals surface area contributed by atoms with Crippen molar-refractivity contribution < 1.29 is 9.59 Å². The number of carbonyl (C=O) groups is 2. The summed E-state index contributed by atoms with van der Waals surface area (Å²) < 4.78 is 0. The summed E-state index contributed by atoms with van der Waals surface area (Å²) in [6.45, 7) is 8.35. The largest absolute Gasteiger partial charge is 0.343 e. The second kappa shape index (κ2) is 6.29. The lowest BCUT2D eigenvalue weighted by Gasteiger charge is -2.40. The standard InChI is InChI=1S/C17H24N2O2/c1-5-11(2)15-16(20)18-13(4)17(21)19(15)10-14-9-7-6-8-12(14)3/h6-9,11,13,15H,5,10H2,1-4H3,(H,18,20). The van der Waals surface area contributed by atoms with E-state index in [4.69, 9.17) is 0 Å². The molecule has 4 nitrogen and oxygen atoms in total. The van der Waals surface area contributed by atoms with Crippen LogP contribution in [0.5, 0.6) is 0 Å². The number of benzene rings is 1. The van der Waals surface area contributed by atoms with Gasteiger partial charge < -0.3 is 10.2 Å². The molecule has 21 heavy (non-hydrogen) atoms. The van der Waals surface area contributed by atoms with E-state index in [1.807, 2.05) is 45.0 Å². The molecule has 114 valence electrons. The topological polar surface area (TPSA) is 49.4 Å². The van der Waals surface area contributed by atoms with E-state index in [2.05, 4.69) is 5.32 Å². The van der Waals surface area contributed by atoms with Gasteiger partial charge in [0.05, 0.1) is 0 Å². The van der Waals surface area contributed by atoms with Crippen LogP contribution in [0.4, 0.5) is 0 Å². The van der Waals surface area contributed by atoms with Gasteiger partial charge in [0.15, 0.2) is 0 Å². The summed E-state index contributed by atoms with van der Waals surface area (Å²) in [5.74, 6) is 0.110. The van der Waals surface area contributed by atoms with Crippen molar-refractivity contribution in [2.75, 3.05) is 0 Å². The zero-order chi connectivity index (χ0) is 15.6. The van der Waals surface area contributed by atoms with Gasteiger partial charge in [-0.1, -0.05) is 44.5 Å². The van der Waals surface area contributed by atoms with Crippen LogP contribution in [0.2, 0.25) is 0 Å². The van der Waals surface area contributed by atoms with Gasteiger partial charge in [0.2, 0.25) is 11.8 Å². The van der Waals surface area contributed by atoms with Crippen LogP contribution in [0.3, 0.4) is 0 Å². The fourth-order valence-electron chi connectivity index (χ4n) is 2.82. The van der Waals surface area contributed by atoms with E-state index in [9.17, 15) is 9.59 Å². The third-order valence-electron chi connectivity index (χ3n) is 4.40. The van der Waals surface area contributed by atoms with Crippen molar-refractivity contribution in [3.05, 3.63) is 35.4 Å². The molecule has 2 amide bonds. The SMILES string of the molecule is CCC(C)C1C(=O)NC(C)C(=O)N1Cc1ccccc1C. The Bertz CT molecular complexity index is 541. The molecule has 2 rings (SSSR count). The van der Waals surface area contributed by atoms with Gasteiger partial charge in [0, 0.05) is 6.54 Å². The molecule has 0 aromatic heterocycles. The van der Waals surface area contributed by atoms with Crippen molar-refractivity contribution in [2.24, 2.45) is 5.92 Å². The van der Waals surface area contributed by atoms with Crippen LogP contribution < -0.4 is 5.32 Å². The van der Waals surface area contributed by atoms with Crippen LogP contribution in [-0.2, 0) is 16.1 Å². The first-order valence-corrected chi connectivity index (χ1v) is 7.61. The van der Waals surface area contributed by atoms with Gasteiger partial charge in [-0.3, -0.25) is 9.59 Å². The Morgan fingerprint density at radius 2 is 1.95 bits per heavy atom. The fourth-order valence-corrected chi connectivity index (χ4v) is 2.82. The molecule has 0 bridgehead atoms. The molecule has 0 aliphatic carbocycles. The highest BCUT2D eigenvalue weighted by Gasteiger charge is 2.40. The molecule has 1 saturated heterocycles. The maximum atomic E-state index is 12.5. The molecule has 3 atom stereocenters. The Balaban J connectivity index is 2.32. The smallest absolute Gasteiger partial charge is 0.245 e. The zero-order valence-corrected chi connectivity index (χ0v) is 13.2. The van der Waals surface area contributed by atoms with Crippen LogP contribution in [0.15, 0.2) is 24.3 Å². The van der Waals surface area contributed by atoms with Crippen LogP contribution in [-0.4, -0.2) is 28.8 Å². The predicted molar refractivity (Wildman–Crippen MR) is 82.6 cm³/mol. The number of hydrogen-bond acceptors (Lipinski definition) is 2. The number of hydrogen-bond donors (Lipinski definition) is 1. The Labute approximate surface area is 126 Å². The molecular weight excluding hydrogens is 264 g/mol.